The Labute approximate surface area is 190 Å². The zero-order chi connectivity index (χ0) is 23.3. The van der Waals surface area contributed by atoms with Gasteiger partial charge in [0.25, 0.3) is 5.91 Å². The van der Waals surface area contributed by atoms with Crippen LogP contribution in [0.1, 0.15) is 67.8 Å². The molecule has 32 heavy (non-hydrogen) atoms. The second kappa shape index (κ2) is 10.4. The lowest BCUT2D eigenvalue weighted by Crippen LogP contribution is -2.31. The summed E-state index contributed by atoms with van der Waals surface area (Å²) in [5.74, 6) is 0.428. The van der Waals surface area contributed by atoms with Crippen LogP contribution in [-0.2, 0) is 0 Å². The number of carbonyl (C=O) groups is 1. The Balaban J connectivity index is 1.71. The lowest BCUT2D eigenvalue weighted by Gasteiger charge is -2.22. The first-order valence-electron chi connectivity index (χ1n) is 10.7. The zero-order valence-electron chi connectivity index (χ0n) is 18.1. The molecule has 5 nitrogen and oxygen atoms in total. The SMILES string of the molecule is CC(C)c1cc(Nc2ccc(OC(F)(F)F)c(Cl)c2)ncc1C(=O)NCC1CCCCC1. The van der Waals surface area contributed by atoms with Crippen LogP contribution in [0.4, 0.5) is 24.7 Å². The van der Waals surface area contributed by atoms with E-state index in [1.807, 2.05) is 13.8 Å². The molecule has 1 fully saturated rings. The van der Waals surface area contributed by atoms with Crippen molar-refractivity contribution in [3.63, 3.8) is 0 Å². The standard InChI is InChI=1S/C23H27ClF3N3O2/c1-14(2)17-11-21(30-16-8-9-20(19(24)10-16)32-23(25,26)27)28-13-18(17)22(31)29-12-15-6-4-3-5-7-15/h8-11,13-15H,3-7,12H2,1-2H3,(H,28,30)(H,29,31). The Morgan fingerprint density at radius 2 is 1.94 bits per heavy atom. The lowest BCUT2D eigenvalue weighted by molar-refractivity contribution is -0.274. The quantitative estimate of drug-likeness (QED) is 0.467. The Morgan fingerprint density at radius 3 is 2.56 bits per heavy atom. The van der Waals surface area contributed by atoms with Crippen LogP contribution >= 0.6 is 11.6 Å². The zero-order valence-corrected chi connectivity index (χ0v) is 18.8. The summed E-state index contributed by atoms with van der Waals surface area (Å²) in [5, 5.41) is 5.87. The van der Waals surface area contributed by atoms with Gasteiger partial charge in [0.15, 0.2) is 0 Å². The summed E-state index contributed by atoms with van der Waals surface area (Å²) in [7, 11) is 0. The van der Waals surface area contributed by atoms with Crippen LogP contribution in [0.2, 0.25) is 5.02 Å². The highest BCUT2D eigenvalue weighted by molar-refractivity contribution is 6.32. The van der Waals surface area contributed by atoms with Gasteiger partial charge in [-0.15, -0.1) is 13.2 Å². The minimum atomic E-state index is -4.82. The molecule has 1 aliphatic rings. The van der Waals surface area contributed by atoms with Crippen molar-refractivity contribution >= 4 is 29.0 Å². The smallest absolute Gasteiger partial charge is 0.404 e. The summed E-state index contributed by atoms with van der Waals surface area (Å²) in [6.45, 7) is 4.63. The van der Waals surface area contributed by atoms with Gasteiger partial charge in [-0.25, -0.2) is 4.98 Å². The summed E-state index contributed by atoms with van der Waals surface area (Å²) >= 11 is 5.91. The summed E-state index contributed by atoms with van der Waals surface area (Å²) < 4.78 is 41.1. The van der Waals surface area contributed by atoms with Gasteiger partial charge in [-0.1, -0.05) is 44.7 Å². The number of hydrogen-bond donors (Lipinski definition) is 2. The van der Waals surface area contributed by atoms with E-state index < -0.39 is 12.1 Å². The van der Waals surface area contributed by atoms with Crippen molar-refractivity contribution in [1.29, 1.82) is 0 Å². The molecule has 1 aromatic carbocycles. The second-order valence-corrected chi connectivity index (χ2v) is 8.75. The Hall–Kier alpha value is -2.48. The van der Waals surface area contributed by atoms with Gasteiger partial charge in [0, 0.05) is 18.4 Å². The van der Waals surface area contributed by atoms with Crippen LogP contribution in [0.3, 0.4) is 0 Å². The fourth-order valence-corrected chi connectivity index (χ4v) is 4.08. The van der Waals surface area contributed by atoms with E-state index in [1.165, 1.54) is 37.6 Å². The van der Waals surface area contributed by atoms with Crippen LogP contribution in [0.15, 0.2) is 30.5 Å². The van der Waals surface area contributed by atoms with Crippen LogP contribution in [0.25, 0.3) is 0 Å². The van der Waals surface area contributed by atoms with Crippen molar-refractivity contribution in [1.82, 2.24) is 10.3 Å². The highest BCUT2D eigenvalue weighted by atomic mass is 35.5. The van der Waals surface area contributed by atoms with Gasteiger partial charge in [-0.2, -0.15) is 0 Å². The number of ether oxygens (including phenoxy) is 1. The van der Waals surface area contributed by atoms with Gasteiger partial charge >= 0.3 is 6.36 Å². The maximum Gasteiger partial charge on any atom is 0.573 e. The number of amides is 1. The number of nitrogens with zero attached hydrogens (tertiary/aromatic N) is 1. The highest BCUT2D eigenvalue weighted by Crippen LogP contribution is 2.33. The Bertz CT molecular complexity index is 945. The van der Waals surface area contributed by atoms with Crippen LogP contribution in [0.5, 0.6) is 5.75 Å². The number of pyridine rings is 1. The molecule has 2 N–H and O–H groups in total. The number of halogens is 4. The molecule has 0 bridgehead atoms. The van der Waals surface area contributed by atoms with Gasteiger partial charge in [0.1, 0.15) is 11.6 Å². The summed E-state index contributed by atoms with van der Waals surface area (Å²) in [6.07, 6.45) is 2.70. The predicted octanol–water partition coefficient (Wildman–Crippen LogP) is 6.81. The molecule has 174 valence electrons. The van der Waals surface area contributed by atoms with Crippen molar-refractivity contribution in [2.45, 2.75) is 58.2 Å². The first-order chi connectivity index (χ1) is 15.1. The van der Waals surface area contributed by atoms with Crippen LogP contribution < -0.4 is 15.4 Å². The summed E-state index contributed by atoms with van der Waals surface area (Å²) in [4.78, 5) is 17.1. The largest absolute Gasteiger partial charge is 0.573 e. The second-order valence-electron chi connectivity index (χ2n) is 8.34. The Kier molecular flexibility index (Phi) is 7.87. The van der Waals surface area contributed by atoms with Gasteiger partial charge in [0.2, 0.25) is 0 Å². The molecule has 0 aliphatic heterocycles. The third-order valence-electron chi connectivity index (χ3n) is 5.51. The van der Waals surface area contributed by atoms with Gasteiger partial charge < -0.3 is 15.4 Å². The number of alkyl halides is 3. The fraction of sp³-hybridized carbons (Fsp3) is 0.478. The van der Waals surface area contributed by atoms with E-state index >= 15 is 0 Å². The average Bonchev–Trinajstić information content (AvgIpc) is 2.74. The van der Waals surface area contributed by atoms with E-state index in [4.69, 9.17) is 11.6 Å². The average molecular weight is 470 g/mol. The number of benzene rings is 1. The number of carbonyl (C=O) groups excluding carboxylic acids is 1. The van der Waals surface area contributed by atoms with Gasteiger partial charge in [-0.3, -0.25) is 4.79 Å². The van der Waals surface area contributed by atoms with Gasteiger partial charge in [-0.05, 0) is 54.5 Å². The maximum atomic E-state index is 12.8. The normalized spacial score (nSPS) is 15.0. The van der Waals surface area contributed by atoms with E-state index in [-0.39, 0.29) is 16.8 Å². The van der Waals surface area contributed by atoms with Crippen LogP contribution in [-0.4, -0.2) is 23.8 Å². The summed E-state index contributed by atoms with van der Waals surface area (Å²) in [6, 6.07) is 5.64. The molecular weight excluding hydrogens is 443 g/mol. The van der Waals surface area contributed by atoms with E-state index in [9.17, 15) is 18.0 Å². The van der Waals surface area contributed by atoms with E-state index in [1.54, 1.807) is 6.07 Å². The molecule has 2 aromatic rings. The molecule has 1 saturated carbocycles. The van der Waals surface area contributed by atoms with Crippen molar-refractivity contribution < 1.29 is 22.7 Å². The minimum absolute atomic E-state index is 0.0696. The number of nitrogens with one attached hydrogen (secondary N) is 2. The first kappa shape index (κ1) is 24.2. The van der Waals surface area contributed by atoms with Crippen molar-refractivity contribution in [3.05, 3.63) is 46.6 Å². The molecule has 1 aromatic heterocycles. The molecular formula is C23H27ClF3N3O2. The Morgan fingerprint density at radius 1 is 1.22 bits per heavy atom. The molecule has 1 heterocycles. The number of anilines is 2. The number of hydrogen-bond acceptors (Lipinski definition) is 4. The minimum Gasteiger partial charge on any atom is -0.404 e. The molecule has 0 spiro atoms. The highest BCUT2D eigenvalue weighted by Gasteiger charge is 2.32. The first-order valence-corrected chi connectivity index (χ1v) is 11.1. The van der Waals surface area contributed by atoms with E-state index in [2.05, 4.69) is 20.4 Å². The topological polar surface area (TPSA) is 63.2 Å². The fourth-order valence-electron chi connectivity index (χ4n) is 3.86. The van der Waals surface area contributed by atoms with Crippen molar-refractivity contribution in [2.24, 2.45) is 5.92 Å². The third-order valence-corrected chi connectivity index (χ3v) is 5.80. The van der Waals surface area contributed by atoms with Crippen molar-refractivity contribution in [3.8, 4) is 5.75 Å². The van der Waals surface area contributed by atoms with E-state index in [0.717, 1.165) is 24.5 Å². The molecule has 0 atom stereocenters. The summed E-state index contributed by atoms with van der Waals surface area (Å²) in [5.41, 5.74) is 1.79. The maximum absolute atomic E-state index is 12.8. The molecule has 3 rings (SSSR count). The monoisotopic (exact) mass is 469 g/mol. The number of rotatable bonds is 7. The molecule has 0 saturated heterocycles. The number of aromatic nitrogens is 1. The van der Waals surface area contributed by atoms with E-state index in [0.29, 0.717) is 29.5 Å². The molecule has 0 radical (unpaired) electrons. The van der Waals surface area contributed by atoms with Crippen molar-refractivity contribution in [2.75, 3.05) is 11.9 Å². The molecule has 1 amide bonds. The lowest BCUT2D eigenvalue weighted by atomic mass is 9.89. The third kappa shape index (κ3) is 6.76. The predicted molar refractivity (Wildman–Crippen MR) is 119 cm³/mol. The molecule has 1 aliphatic carbocycles. The molecule has 9 heteroatoms. The molecule has 0 unspecified atom stereocenters. The van der Waals surface area contributed by atoms with Crippen LogP contribution in [0, 0.1) is 5.92 Å². The van der Waals surface area contributed by atoms with Gasteiger partial charge in [0.05, 0.1) is 10.6 Å².